The maximum Gasteiger partial charge on any atom is 0.336 e. The van der Waals surface area contributed by atoms with Crippen molar-refractivity contribution in [3.05, 3.63) is 39.8 Å². The highest BCUT2D eigenvalue weighted by molar-refractivity contribution is 6.03. The van der Waals surface area contributed by atoms with E-state index in [9.17, 15) is 9.59 Å². The third-order valence-corrected chi connectivity index (χ3v) is 3.39. The Morgan fingerprint density at radius 1 is 1.29 bits per heavy atom. The Morgan fingerprint density at radius 3 is 2.71 bits per heavy atom. The Labute approximate surface area is 120 Å². The number of benzene rings is 1. The summed E-state index contributed by atoms with van der Waals surface area (Å²) in [6.45, 7) is 3.83. The molecule has 0 radical (unpaired) electrons. The van der Waals surface area contributed by atoms with Crippen LogP contribution in [0.4, 0.5) is 0 Å². The van der Waals surface area contributed by atoms with Crippen LogP contribution in [0.5, 0.6) is 11.5 Å². The van der Waals surface area contributed by atoms with Crippen LogP contribution in [0, 0.1) is 0 Å². The Kier molecular flexibility index (Phi) is 2.86. The summed E-state index contributed by atoms with van der Waals surface area (Å²) in [6.07, 6.45) is 4.37. The maximum atomic E-state index is 11.5. The molecule has 1 aromatic carbocycles. The summed E-state index contributed by atoms with van der Waals surface area (Å²) in [7, 11) is 1.46. The molecule has 0 saturated carbocycles. The lowest BCUT2D eigenvalue weighted by molar-refractivity contribution is 0.112. The van der Waals surface area contributed by atoms with Crippen molar-refractivity contribution < 1.29 is 18.7 Å². The van der Waals surface area contributed by atoms with Crippen molar-refractivity contribution in [1.82, 2.24) is 0 Å². The fourth-order valence-corrected chi connectivity index (χ4v) is 2.46. The van der Waals surface area contributed by atoms with Gasteiger partial charge < -0.3 is 13.9 Å². The van der Waals surface area contributed by atoms with Gasteiger partial charge >= 0.3 is 5.63 Å². The maximum absolute atomic E-state index is 11.5. The summed E-state index contributed by atoms with van der Waals surface area (Å²) in [5.74, 6) is 0.886. The van der Waals surface area contributed by atoms with E-state index in [0.29, 0.717) is 28.7 Å². The van der Waals surface area contributed by atoms with Gasteiger partial charge in [0.1, 0.15) is 22.7 Å². The lowest BCUT2D eigenvalue weighted by atomic mass is 9.97. The molecule has 2 aromatic rings. The molecule has 21 heavy (non-hydrogen) atoms. The highest BCUT2D eigenvalue weighted by Crippen LogP contribution is 2.44. The van der Waals surface area contributed by atoms with Gasteiger partial charge in [0.15, 0.2) is 11.9 Å². The van der Waals surface area contributed by atoms with Crippen molar-refractivity contribution in [3.63, 3.8) is 0 Å². The first-order chi connectivity index (χ1) is 9.96. The van der Waals surface area contributed by atoms with Crippen LogP contribution in [-0.4, -0.2) is 19.0 Å². The summed E-state index contributed by atoms with van der Waals surface area (Å²) in [6, 6.07) is 2.90. The number of carbonyl (C=O) groups excluding carboxylic acids is 1. The predicted molar refractivity (Wildman–Crippen MR) is 78.2 cm³/mol. The van der Waals surface area contributed by atoms with Crippen molar-refractivity contribution in [2.24, 2.45) is 0 Å². The smallest absolute Gasteiger partial charge is 0.336 e. The fraction of sp³-hybridized carbons (Fsp3) is 0.250. The Bertz CT molecular complexity index is 827. The van der Waals surface area contributed by atoms with Gasteiger partial charge in [-0.05, 0) is 32.1 Å². The van der Waals surface area contributed by atoms with Gasteiger partial charge in [-0.1, -0.05) is 0 Å². The van der Waals surface area contributed by atoms with Crippen LogP contribution in [0.2, 0.25) is 0 Å². The fourth-order valence-electron chi connectivity index (χ4n) is 2.46. The topological polar surface area (TPSA) is 65.7 Å². The number of fused-ring (bicyclic) bond motifs is 3. The van der Waals surface area contributed by atoms with E-state index in [-0.39, 0.29) is 11.1 Å². The molecule has 2 heterocycles. The number of methoxy groups -OCH3 is 1. The molecule has 1 aliphatic heterocycles. The number of ether oxygens (including phenoxy) is 2. The minimum Gasteiger partial charge on any atom is -0.495 e. The number of rotatable bonds is 2. The highest BCUT2D eigenvalue weighted by atomic mass is 16.5. The molecule has 0 saturated heterocycles. The van der Waals surface area contributed by atoms with Crippen LogP contribution in [0.15, 0.2) is 27.4 Å². The van der Waals surface area contributed by atoms with Gasteiger partial charge in [0.05, 0.1) is 18.1 Å². The van der Waals surface area contributed by atoms with Crippen molar-refractivity contribution in [1.29, 1.82) is 0 Å². The minimum atomic E-state index is -0.529. The average Bonchev–Trinajstić information content (AvgIpc) is 2.44. The van der Waals surface area contributed by atoms with Crippen LogP contribution >= 0.6 is 0 Å². The zero-order valence-corrected chi connectivity index (χ0v) is 11.9. The van der Waals surface area contributed by atoms with Crippen LogP contribution in [0.1, 0.15) is 29.8 Å². The third-order valence-electron chi connectivity index (χ3n) is 3.39. The van der Waals surface area contributed by atoms with Crippen molar-refractivity contribution in [3.8, 4) is 11.5 Å². The monoisotopic (exact) mass is 286 g/mol. The molecule has 0 amide bonds. The second kappa shape index (κ2) is 4.48. The van der Waals surface area contributed by atoms with Crippen molar-refractivity contribution in [2.75, 3.05) is 7.11 Å². The van der Waals surface area contributed by atoms with Gasteiger partial charge in [-0.15, -0.1) is 0 Å². The first-order valence-corrected chi connectivity index (χ1v) is 6.48. The van der Waals surface area contributed by atoms with E-state index in [0.717, 1.165) is 0 Å². The lowest BCUT2D eigenvalue weighted by Gasteiger charge is -2.29. The van der Waals surface area contributed by atoms with Gasteiger partial charge in [-0.3, -0.25) is 4.79 Å². The molecule has 0 atom stereocenters. The largest absolute Gasteiger partial charge is 0.495 e. The van der Waals surface area contributed by atoms with Gasteiger partial charge in [0.25, 0.3) is 0 Å². The number of carbonyl (C=O) groups is 1. The standard InChI is InChI=1S/C16H14O5/c1-16(2)7-6-10-13(19-3)11(8-17)14-9(15(10)21-16)4-5-12(18)20-14/h4-8H,1-3H3. The molecule has 0 aliphatic carbocycles. The van der Waals surface area contributed by atoms with Gasteiger partial charge in [0.2, 0.25) is 0 Å². The van der Waals surface area contributed by atoms with E-state index in [4.69, 9.17) is 13.9 Å². The molecular formula is C16H14O5. The molecule has 1 aromatic heterocycles. The Morgan fingerprint density at radius 2 is 2.05 bits per heavy atom. The zero-order valence-electron chi connectivity index (χ0n) is 11.9. The van der Waals surface area contributed by atoms with Crippen LogP contribution in [0.25, 0.3) is 17.0 Å². The second-order valence-corrected chi connectivity index (χ2v) is 5.34. The lowest BCUT2D eigenvalue weighted by Crippen LogP contribution is -2.28. The molecule has 0 bridgehead atoms. The molecule has 3 rings (SSSR count). The SMILES string of the molecule is COc1c2c(c3ccc(=O)oc3c1C=O)OC(C)(C)C=C2. The number of hydrogen-bond acceptors (Lipinski definition) is 5. The van der Waals surface area contributed by atoms with Crippen LogP contribution in [-0.2, 0) is 0 Å². The number of aldehydes is 1. The first-order valence-electron chi connectivity index (χ1n) is 6.48. The molecule has 1 aliphatic rings. The second-order valence-electron chi connectivity index (χ2n) is 5.34. The van der Waals surface area contributed by atoms with E-state index < -0.39 is 11.2 Å². The Balaban J connectivity index is 2.50. The average molecular weight is 286 g/mol. The quantitative estimate of drug-likeness (QED) is 0.627. The molecule has 0 fully saturated rings. The molecule has 0 N–H and O–H groups in total. The minimum absolute atomic E-state index is 0.180. The highest BCUT2D eigenvalue weighted by Gasteiger charge is 2.29. The van der Waals surface area contributed by atoms with Crippen LogP contribution in [0.3, 0.4) is 0 Å². The van der Waals surface area contributed by atoms with E-state index >= 15 is 0 Å². The predicted octanol–water partition coefficient (Wildman–Crippen LogP) is 2.80. The molecule has 108 valence electrons. The number of hydrogen-bond donors (Lipinski definition) is 0. The van der Waals surface area contributed by atoms with Crippen molar-refractivity contribution >= 4 is 23.3 Å². The normalized spacial score (nSPS) is 15.4. The summed E-state index contributed by atoms with van der Waals surface area (Å²) in [5.41, 5.74) is 0.0265. The molecule has 0 unspecified atom stereocenters. The molecule has 5 nitrogen and oxygen atoms in total. The summed E-state index contributed by atoms with van der Waals surface area (Å²) in [4.78, 5) is 22.9. The summed E-state index contributed by atoms with van der Waals surface area (Å²) >= 11 is 0. The molecule has 0 spiro atoms. The molecule has 5 heteroatoms. The van der Waals surface area contributed by atoms with E-state index in [1.807, 2.05) is 26.0 Å². The van der Waals surface area contributed by atoms with Gasteiger partial charge in [-0.2, -0.15) is 0 Å². The third kappa shape index (κ3) is 2.01. The van der Waals surface area contributed by atoms with E-state index in [1.54, 1.807) is 6.07 Å². The first kappa shape index (κ1) is 13.4. The van der Waals surface area contributed by atoms with Crippen molar-refractivity contribution in [2.45, 2.75) is 19.4 Å². The van der Waals surface area contributed by atoms with E-state index in [2.05, 4.69) is 0 Å². The van der Waals surface area contributed by atoms with Crippen LogP contribution < -0.4 is 15.1 Å². The summed E-state index contributed by atoms with van der Waals surface area (Å²) in [5, 5.41) is 0.574. The summed E-state index contributed by atoms with van der Waals surface area (Å²) < 4.78 is 16.5. The van der Waals surface area contributed by atoms with Gasteiger partial charge in [-0.25, -0.2) is 4.79 Å². The molecular weight excluding hydrogens is 272 g/mol. The van der Waals surface area contributed by atoms with Gasteiger partial charge in [0, 0.05) is 6.07 Å². The zero-order chi connectivity index (χ0) is 15.2. The van der Waals surface area contributed by atoms with E-state index in [1.165, 1.54) is 13.2 Å². The Hall–Kier alpha value is -2.56.